The van der Waals surface area contributed by atoms with Crippen molar-refractivity contribution in [2.75, 3.05) is 6.61 Å². The summed E-state index contributed by atoms with van der Waals surface area (Å²) >= 11 is 0. The van der Waals surface area contributed by atoms with E-state index in [2.05, 4.69) is 19.9 Å². The van der Waals surface area contributed by atoms with Crippen LogP contribution in [0, 0.1) is 0 Å². The molecule has 3 aliphatic heterocycles. The molecule has 0 aromatic rings. The Balaban J connectivity index is 1.89. The van der Waals surface area contributed by atoms with Gasteiger partial charge in [0.1, 0.15) is 0 Å². The highest BCUT2D eigenvalue weighted by atomic mass is 16.5. The van der Waals surface area contributed by atoms with Crippen LogP contribution in [0.4, 0.5) is 0 Å². The Morgan fingerprint density at radius 1 is 1.00 bits per heavy atom. The topological polar surface area (TPSA) is 58.9 Å². The molecule has 4 heteroatoms. The maximum Gasteiger partial charge on any atom is 0.0977 e. The summed E-state index contributed by atoms with van der Waals surface area (Å²) in [7, 11) is 0. The van der Waals surface area contributed by atoms with E-state index in [1.165, 1.54) is 16.7 Å². The Morgan fingerprint density at radius 2 is 1.67 bits per heavy atom. The average Bonchev–Trinajstić information content (AvgIpc) is 2.83. The van der Waals surface area contributed by atoms with E-state index in [0.29, 0.717) is 25.9 Å². The molecule has 136 valence electrons. The van der Waals surface area contributed by atoms with Crippen LogP contribution in [-0.2, 0) is 9.47 Å². The van der Waals surface area contributed by atoms with Gasteiger partial charge < -0.3 is 19.7 Å². The smallest absolute Gasteiger partial charge is 0.0977 e. The lowest BCUT2D eigenvalue weighted by molar-refractivity contribution is -0.216. The molecule has 0 saturated carbocycles. The summed E-state index contributed by atoms with van der Waals surface area (Å²) in [4.78, 5) is 0. The zero-order valence-corrected chi connectivity index (χ0v) is 15.5. The van der Waals surface area contributed by atoms with E-state index in [1.54, 1.807) is 0 Å². The molecule has 2 bridgehead atoms. The van der Waals surface area contributed by atoms with E-state index >= 15 is 0 Å². The van der Waals surface area contributed by atoms with Crippen molar-refractivity contribution in [1.82, 2.24) is 0 Å². The maximum atomic E-state index is 11.0. The Hall–Kier alpha value is -0.680. The van der Waals surface area contributed by atoms with Crippen LogP contribution in [0.3, 0.4) is 0 Å². The fourth-order valence-electron chi connectivity index (χ4n) is 4.24. The Morgan fingerprint density at radius 3 is 2.42 bits per heavy atom. The first-order valence-electron chi connectivity index (χ1n) is 9.27. The van der Waals surface area contributed by atoms with Crippen molar-refractivity contribution >= 4 is 0 Å². The number of fused-ring (bicyclic) bond motifs is 3. The van der Waals surface area contributed by atoms with Crippen LogP contribution in [-0.4, -0.2) is 46.3 Å². The third-order valence-electron chi connectivity index (χ3n) is 6.14. The summed E-state index contributed by atoms with van der Waals surface area (Å²) in [5.74, 6) is 0. The standard InChI is InChI=1S/C20H32O4/c1-13-5-6-17-20(4,22)10-8-18(24-17)19(3,21)9-7-15-14(2)12-23-16(15)11-13/h11,16-18,21-22H,5-10,12H2,1-4H3/t16-,17-,18-,19+,20+/m0/s1. The predicted molar refractivity (Wildman–Crippen MR) is 93.8 cm³/mol. The summed E-state index contributed by atoms with van der Waals surface area (Å²) in [6.07, 6.45) is 6.31. The monoisotopic (exact) mass is 336 g/mol. The molecule has 0 amide bonds. The number of hydrogen-bond acceptors (Lipinski definition) is 4. The summed E-state index contributed by atoms with van der Waals surface area (Å²) < 4.78 is 12.1. The van der Waals surface area contributed by atoms with Gasteiger partial charge in [-0.25, -0.2) is 0 Å². The van der Waals surface area contributed by atoms with Crippen LogP contribution in [0.15, 0.2) is 22.8 Å². The SMILES string of the molecule is CC1=C[C@@H]2OCC(C)=C2CC[C@@](C)(O)[C@@H]2CC[C@@](C)(O)[C@H](CC1)O2. The van der Waals surface area contributed by atoms with Crippen molar-refractivity contribution < 1.29 is 19.7 Å². The molecule has 0 aliphatic carbocycles. The summed E-state index contributed by atoms with van der Waals surface area (Å²) in [6.45, 7) is 8.68. The predicted octanol–water partition coefficient (Wildman–Crippen LogP) is 3.27. The van der Waals surface area contributed by atoms with Gasteiger partial charge in [-0.05, 0) is 77.4 Å². The van der Waals surface area contributed by atoms with Gasteiger partial charge in [-0.1, -0.05) is 11.6 Å². The first-order valence-corrected chi connectivity index (χ1v) is 9.27. The summed E-state index contributed by atoms with van der Waals surface area (Å²) in [5, 5.41) is 21.7. The highest BCUT2D eigenvalue weighted by Gasteiger charge is 2.45. The Kier molecular flexibility index (Phi) is 4.95. The van der Waals surface area contributed by atoms with Crippen molar-refractivity contribution in [1.29, 1.82) is 0 Å². The number of rotatable bonds is 0. The van der Waals surface area contributed by atoms with Gasteiger partial charge in [0, 0.05) is 0 Å². The van der Waals surface area contributed by atoms with E-state index in [-0.39, 0.29) is 18.3 Å². The van der Waals surface area contributed by atoms with E-state index in [4.69, 9.17) is 9.47 Å². The number of allylic oxidation sites excluding steroid dienone is 1. The first-order chi connectivity index (χ1) is 11.2. The molecule has 1 saturated heterocycles. The summed E-state index contributed by atoms with van der Waals surface area (Å²) in [5.41, 5.74) is 2.19. The molecule has 2 N–H and O–H groups in total. The van der Waals surface area contributed by atoms with E-state index in [0.717, 1.165) is 19.3 Å². The second kappa shape index (κ2) is 6.56. The molecule has 0 unspecified atom stereocenters. The lowest BCUT2D eigenvalue weighted by Crippen LogP contribution is -2.54. The van der Waals surface area contributed by atoms with E-state index < -0.39 is 11.2 Å². The number of ether oxygens (including phenoxy) is 2. The molecule has 24 heavy (non-hydrogen) atoms. The molecule has 0 aromatic carbocycles. The van der Waals surface area contributed by atoms with Gasteiger partial charge in [0.05, 0.1) is 36.1 Å². The molecule has 3 heterocycles. The van der Waals surface area contributed by atoms with E-state index in [9.17, 15) is 10.2 Å². The van der Waals surface area contributed by atoms with Crippen molar-refractivity contribution in [3.8, 4) is 0 Å². The maximum absolute atomic E-state index is 11.0. The molecule has 0 radical (unpaired) electrons. The zero-order chi connectivity index (χ0) is 17.5. The lowest BCUT2D eigenvalue weighted by Gasteiger charge is -2.46. The van der Waals surface area contributed by atoms with Gasteiger partial charge in [0.25, 0.3) is 0 Å². The van der Waals surface area contributed by atoms with Crippen molar-refractivity contribution in [2.45, 2.75) is 95.7 Å². The van der Waals surface area contributed by atoms with Gasteiger partial charge in [0.15, 0.2) is 0 Å². The molecular formula is C20H32O4. The van der Waals surface area contributed by atoms with E-state index in [1.807, 2.05) is 13.8 Å². The Bertz CT molecular complexity index is 544. The van der Waals surface area contributed by atoms with Gasteiger partial charge in [-0.15, -0.1) is 0 Å². The van der Waals surface area contributed by atoms with Crippen LogP contribution in [0.25, 0.3) is 0 Å². The second-order valence-electron chi connectivity index (χ2n) is 8.46. The van der Waals surface area contributed by atoms with Gasteiger partial charge in [0.2, 0.25) is 0 Å². The minimum atomic E-state index is -0.882. The third-order valence-corrected chi connectivity index (χ3v) is 6.14. The fraction of sp³-hybridized carbons (Fsp3) is 0.800. The highest BCUT2D eigenvalue weighted by Crippen LogP contribution is 2.39. The molecule has 3 rings (SSSR count). The molecular weight excluding hydrogens is 304 g/mol. The largest absolute Gasteiger partial charge is 0.387 e. The lowest BCUT2D eigenvalue weighted by atomic mass is 9.79. The molecule has 3 aliphatic rings. The fourth-order valence-corrected chi connectivity index (χ4v) is 4.24. The minimum absolute atomic E-state index is 0.0431. The van der Waals surface area contributed by atoms with Crippen LogP contribution in [0.2, 0.25) is 0 Å². The Labute approximate surface area is 145 Å². The van der Waals surface area contributed by atoms with Gasteiger partial charge in [-0.3, -0.25) is 0 Å². The van der Waals surface area contributed by atoms with Crippen LogP contribution in [0.5, 0.6) is 0 Å². The average molecular weight is 336 g/mol. The van der Waals surface area contributed by atoms with Crippen molar-refractivity contribution in [3.63, 3.8) is 0 Å². The first kappa shape index (κ1) is 18.1. The third kappa shape index (κ3) is 3.62. The van der Waals surface area contributed by atoms with Crippen molar-refractivity contribution in [3.05, 3.63) is 22.8 Å². The second-order valence-corrected chi connectivity index (χ2v) is 8.46. The van der Waals surface area contributed by atoms with Crippen molar-refractivity contribution in [2.24, 2.45) is 0 Å². The van der Waals surface area contributed by atoms with Gasteiger partial charge >= 0.3 is 0 Å². The molecule has 1 fully saturated rings. The minimum Gasteiger partial charge on any atom is -0.387 e. The van der Waals surface area contributed by atoms with Crippen LogP contribution >= 0.6 is 0 Å². The highest BCUT2D eigenvalue weighted by molar-refractivity contribution is 5.28. The molecule has 4 nitrogen and oxygen atoms in total. The molecule has 5 atom stereocenters. The summed E-state index contributed by atoms with van der Waals surface area (Å²) in [6, 6.07) is 0. The molecule has 0 spiro atoms. The quantitative estimate of drug-likeness (QED) is 0.667. The van der Waals surface area contributed by atoms with Crippen LogP contribution < -0.4 is 0 Å². The number of aliphatic hydroxyl groups is 2. The molecule has 0 aromatic heterocycles. The normalized spacial score (nSPS) is 44.4. The zero-order valence-electron chi connectivity index (χ0n) is 15.5. The van der Waals surface area contributed by atoms with Gasteiger partial charge in [-0.2, -0.15) is 0 Å². The number of hydrogen-bond donors (Lipinski definition) is 2. The van der Waals surface area contributed by atoms with Crippen LogP contribution in [0.1, 0.15) is 66.2 Å².